The van der Waals surface area contributed by atoms with E-state index >= 15 is 0 Å². The minimum absolute atomic E-state index is 0.0653. The number of carbonyl (C=O) groups excluding carboxylic acids is 2. The monoisotopic (exact) mass is 470 g/mol. The summed E-state index contributed by atoms with van der Waals surface area (Å²) < 4.78 is 5.18. The van der Waals surface area contributed by atoms with Crippen molar-refractivity contribution in [2.45, 2.75) is 6.42 Å². The number of methoxy groups -OCH3 is 1. The van der Waals surface area contributed by atoms with Crippen LogP contribution in [0.3, 0.4) is 0 Å². The maximum absolute atomic E-state index is 12.9. The highest BCUT2D eigenvalue weighted by Crippen LogP contribution is 2.31. The lowest BCUT2D eigenvalue weighted by molar-refractivity contribution is -0.122. The van der Waals surface area contributed by atoms with Crippen LogP contribution < -0.4 is 15.0 Å². The third-order valence-corrected chi connectivity index (χ3v) is 6.61. The van der Waals surface area contributed by atoms with Crippen LogP contribution in [-0.2, 0) is 9.59 Å². The third kappa shape index (κ3) is 4.53. The van der Waals surface area contributed by atoms with Gasteiger partial charge in [-0.25, -0.2) is 4.98 Å². The van der Waals surface area contributed by atoms with E-state index in [2.05, 4.69) is 10.3 Å². The third-order valence-electron chi connectivity index (χ3n) is 5.72. The van der Waals surface area contributed by atoms with Crippen LogP contribution in [0, 0.1) is 5.92 Å². The molecule has 2 aromatic heterocycles. The first-order valence-electron chi connectivity index (χ1n) is 10.8. The molecule has 2 amide bonds. The fourth-order valence-corrected chi connectivity index (χ4v) is 4.74. The summed E-state index contributed by atoms with van der Waals surface area (Å²) >= 11 is 1.55. The molecule has 4 aromatic rings. The van der Waals surface area contributed by atoms with Crippen molar-refractivity contribution in [3.05, 3.63) is 78.4 Å². The number of rotatable bonds is 6. The SMILES string of the molecule is COc1ccc(N2CC(C(=O)Nc3cccc(-c4csc(-c5cccnc5)n4)c3)CC2=O)cc1. The molecule has 0 bridgehead atoms. The van der Waals surface area contributed by atoms with Crippen LogP contribution in [-0.4, -0.2) is 35.4 Å². The highest BCUT2D eigenvalue weighted by molar-refractivity contribution is 7.13. The zero-order valence-corrected chi connectivity index (χ0v) is 19.3. The lowest BCUT2D eigenvalue weighted by Gasteiger charge is -2.17. The number of nitrogens with zero attached hydrogens (tertiary/aromatic N) is 3. The highest BCUT2D eigenvalue weighted by Gasteiger charge is 2.35. The molecule has 3 heterocycles. The van der Waals surface area contributed by atoms with Crippen LogP contribution >= 0.6 is 11.3 Å². The fourth-order valence-electron chi connectivity index (χ4n) is 3.92. The van der Waals surface area contributed by atoms with Crippen molar-refractivity contribution < 1.29 is 14.3 Å². The second-order valence-corrected chi connectivity index (χ2v) is 8.81. The van der Waals surface area contributed by atoms with E-state index in [1.807, 2.05) is 53.9 Å². The number of aromatic nitrogens is 2. The molecule has 5 rings (SSSR count). The van der Waals surface area contributed by atoms with E-state index in [4.69, 9.17) is 9.72 Å². The summed E-state index contributed by atoms with van der Waals surface area (Å²) in [6, 6.07) is 18.7. The van der Waals surface area contributed by atoms with Crippen LogP contribution in [0.25, 0.3) is 21.8 Å². The van der Waals surface area contributed by atoms with Gasteiger partial charge in [0.15, 0.2) is 0 Å². The average molecular weight is 471 g/mol. The lowest BCUT2D eigenvalue weighted by Crippen LogP contribution is -2.28. The van der Waals surface area contributed by atoms with Gasteiger partial charge in [0, 0.05) is 53.2 Å². The first-order chi connectivity index (χ1) is 16.6. The van der Waals surface area contributed by atoms with E-state index in [-0.39, 0.29) is 18.2 Å². The molecular formula is C26H22N4O3S. The van der Waals surface area contributed by atoms with Crippen LogP contribution in [0.4, 0.5) is 11.4 Å². The van der Waals surface area contributed by atoms with E-state index in [9.17, 15) is 9.59 Å². The summed E-state index contributed by atoms with van der Waals surface area (Å²) in [4.78, 5) is 36.0. The summed E-state index contributed by atoms with van der Waals surface area (Å²) in [5.74, 6) is 0.0623. The van der Waals surface area contributed by atoms with E-state index in [1.54, 1.807) is 47.9 Å². The first-order valence-corrected chi connectivity index (χ1v) is 11.7. The van der Waals surface area contributed by atoms with Gasteiger partial charge in [-0.1, -0.05) is 12.1 Å². The largest absolute Gasteiger partial charge is 0.497 e. The van der Waals surface area contributed by atoms with Gasteiger partial charge in [0.25, 0.3) is 0 Å². The van der Waals surface area contributed by atoms with Gasteiger partial charge in [-0.2, -0.15) is 0 Å². The number of hydrogen-bond donors (Lipinski definition) is 1. The molecule has 1 N–H and O–H groups in total. The van der Waals surface area contributed by atoms with Gasteiger partial charge in [0.2, 0.25) is 11.8 Å². The molecule has 0 spiro atoms. The Balaban J connectivity index is 1.27. The Kier molecular flexibility index (Phi) is 6.05. The van der Waals surface area contributed by atoms with Gasteiger partial charge < -0.3 is 15.0 Å². The van der Waals surface area contributed by atoms with Crippen molar-refractivity contribution in [2.24, 2.45) is 5.92 Å². The number of carbonyl (C=O) groups is 2. The average Bonchev–Trinajstić information content (AvgIpc) is 3.52. The van der Waals surface area contributed by atoms with Gasteiger partial charge in [0.05, 0.1) is 18.7 Å². The fraction of sp³-hybridized carbons (Fsp3) is 0.154. The molecule has 170 valence electrons. The number of amides is 2. The molecular weight excluding hydrogens is 448 g/mol. The Morgan fingerprint density at radius 2 is 1.94 bits per heavy atom. The van der Waals surface area contributed by atoms with Crippen molar-refractivity contribution >= 4 is 34.5 Å². The molecule has 1 saturated heterocycles. The Morgan fingerprint density at radius 3 is 2.71 bits per heavy atom. The maximum Gasteiger partial charge on any atom is 0.229 e. The molecule has 2 aromatic carbocycles. The number of pyridine rings is 1. The van der Waals surface area contributed by atoms with Crippen molar-refractivity contribution in [1.82, 2.24) is 9.97 Å². The first kappa shape index (κ1) is 21.8. The van der Waals surface area contributed by atoms with Crippen LogP contribution in [0.2, 0.25) is 0 Å². The molecule has 1 fully saturated rings. The van der Waals surface area contributed by atoms with Crippen molar-refractivity contribution in [3.8, 4) is 27.6 Å². The smallest absolute Gasteiger partial charge is 0.229 e. The Hall–Kier alpha value is -4.04. The quantitative estimate of drug-likeness (QED) is 0.435. The van der Waals surface area contributed by atoms with Gasteiger partial charge in [-0.15, -0.1) is 11.3 Å². The summed E-state index contributed by atoms with van der Waals surface area (Å²) in [6.45, 7) is 0.344. The molecule has 8 heteroatoms. The molecule has 1 atom stereocenters. The molecule has 1 unspecified atom stereocenters. The van der Waals surface area contributed by atoms with Crippen LogP contribution in [0.15, 0.2) is 78.4 Å². The molecule has 1 aliphatic rings. The Bertz CT molecular complexity index is 1320. The van der Waals surface area contributed by atoms with Gasteiger partial charge in [-0.05, 0) is 48.5 Å². The summed E-state index contributed by atoms with van der Waals surface area (Å²) in [6.07, 6.45) is 3.70. The molecule has 0 saturated carbocycles. The second kappa shape index (κ2) is 9.44. The number of ether oxygens (including phenoxy) is 1. The van der Waals surface area contributed by atoms with Gasteiger partial charge in [-0.3, -0.25) is 14.6 Å². The van der Waals surface area contributed by atoms with Crippen molar-refractivity contribution in [3.63, 3.8) is 0 Å². The van der Waals surface area contributed by atoms with E-state index in [0.717, 1.165) is 33.3 Å². The second-order valence-electron chi connectivity index (χ2n) is 7.95. The topological polar surface area (TPSA) is 84.4 Å². The van der Waals surface area contributed by atoms with Gasteiger partial charge >= 0.3 is 0 Å². The zero-order chi connectivity index (χ0) is 23.5. The highest BCUT2D eigenvalue weighted by atomic mass is 32.1. The van der Waals surface area contributed by atoms with E-state index in [0.29, 0.717) is 12.2 Å². The summed E-state index contributed by atoms with van der Waals surface area (Å²) in [5, 5.41) is 5.85. The Morgan fingerprint density at radius 1 is 1.12 bits per heavy atom. The molecule has 1 aliphatic heterocycles. The molecule has 7 nitrogen and oxygen atoms in total. The zero-order valence-electron chi connectivity index (χ0n) is 18.5. The molecule has 0 radical (unpaired) electrons. The van der Waals surface area contributed by atoms with Gasteiger partial charge in [0.1, 0.15) is 10.8 Å². The molecule has 34 heavy (non-hydrogen) atoms. The van der Waals surface area contributed by atoms with Crippen molar-refractivity contribution in [2.75, 3.05) is 23.9 Å². The van der Waals surface area contributed by atoms with Crippen LogP contribution in [0.1, 0.15) is 6.42 Å². The predicted molar refractivity (Wildman–Crippen MR) is 133 cm³/mol. The predicted octanol–water partition coefficient (Wildman–Crippen LogP) is 4.87. The van der Waals surface area contributed by atoms with Crippen molar-refractivity contribution in [1.29, 1.82) is 0 Å². The maximum atomic E-state index is 12.9. The number of nitrogens with one attached hydrogen (secondary N) is 1. The number of hydrogen-bond acceptors (Lipinski definition) is 6. The summed E-state index contributed by atoms with van der Waals surface area (Å²) in [5.41, 5.74) is 4.15. The minimum atomic E-state index is -0.422. The minimum Gasteiger partial charge on any atom is -0.497 e. The molecule has 0 aliphatic carbocycles. The number of benzene rings is 2. The summed E-state index contributed by atoms with van der Waals surface area (Å²) in [7, 11) is 1.60. The normalized spacial score (nSPS) is 15.4. The lowest BCUT2D eigenvalue weighted by atomic mass is 10.1. The van der Waals surface area contributed by atoms with Crippen LogP contribution in [0.5, 0.6) is 5.75 Å². The number of anilines is 2. The number of thiazole rings is 1. The standard InChI is InChI=1S/C26H22N4O3S/c1-33-22-9-7-21(8-10-22)30-15-19(13-24(30)31)25(32)28-20-6-2-4-17(12-20)23-16-34-26(29-23)18-5-3-11-27-14-18/h2-12,14,16,19H,13,15H2,1H3,(H,28,32). The van der Waals surface area contributed by atoms with E-state index in [1.165, 1.54) is 0 Å². The Labute approximate surface area is 201 Å². The van der Waals surface area contributed by atoms with E-state index < -0.39 is 5.92 Å².